The Labute approximate surface area is 188 Å². The molecule has 2 amide bonds. The van der Waals surface area contributed by atoms with Crippen molar-refractivity contribution in [2.75, 3.05) is 20.2 Å². The summed E-state index contributed by atoms with van der Waals surface area (Å²) >= 11 is 0. The summed E-state index contributed by atoms with van der Waals surface area (Å²) in [6, 6.07) is -0.396. The molecule has 0 aromatic rings. The van der Waals surface area contributed by atoms with Gasteiger partial charge in [-0.3, -0.25) is 9.59 Å². The highest BCUT2D eigenvalue weighted by molar-refractivity contribution is 5.92. The Kier molecular flexibility index (Phi) is 11.2. The molecule has 0 aromatic heterocycles. The predicted molar refractivity (Wildman–Crippen MR) is 124 cm³/mol. The Balaban J connectivity index is 3.00. The number of carbonyl (C=O) groups excluding carboxylic acids is 3. The summed E-state index contributed by atoms with van der Waals surface area (Å²) in [5, 5.41) is 6.54. The second kappa shape index (κ2) is 12.8. The Morgan fingerprint density at radius 3 is 2.19 bits per heavy atom. The van der Waals surface area contributed by atoms with Crippen molar-refractivity contribution < 1.29 is 19.1 Å². The standard InChI is InChI=1S/C24H43N3O4/c1-8-24(9-2,26-17(4)5)23(30)25-20(19-13-11-12-14-19)21(28)27(7)16-15-18(6)22(29)31-10-3/h15,17,19-20,26H,8-14,16H2,1-7H3,(H,25,30)/b18-15+. The van der Waals surface area contributed by atoms with E-state index < -0.39 is 11.6 Å². The SMILES string of the molecule is CCOC(=O)/C(C)=C/CN(C)C(=O)C(NC(=O)C(CC)(CC)NC(C)C)C1CCCC1. The highest BCUT2D eigenvalue weighted by Crippen LogP contribution is 2.29. The van der Waals surface area contributed by atoms with Crippen molar-refractivity contribution in [3.63, 3.8) is 0 Å². The maximum atomic E-state index is 13.4. The zero-order chi connectivity index (χ0) is 23.6. The van der Waals surface area contributed by atoms with Gasteiger partial charge in [-0.2, -0.15) is 0 Å². The third-order valence-corrected chi connectivity index (χ3v) is 6.28. The van der Waals surface area contributed by atoms with Crippen molar-refractivity contribution >= 4 is 17.8 Å². The van der Waals surface area contributed by atoms with Gasteiger partial charge in [0, 0.05) is 25.2 Å². The first-order valence-corrected chi connectivity index (χ1v) is 11.8. The summed E-state index contributed by atoms with van der Waals surface area (Å²) in [4.78, 5) is 40.1. The number of nitrogens with zero attached hydrogens (tertiary/aromatic N) is 1. The van der Waals surface area contributed by atoms with Gasteiger partial charge in [0.15, 0.2) is 0 Å². The van der Waals surface area contributed by atoms with Crippen LogP contribution in [0.3, 0.4) is 0 Å². The Hall–Kier alpha value is -1.89. The third-order valence-electron chi connectivity index (χ3n) is 6.28. The summed E-state index contributed by atoms with van der Waals surface area (Å²) < 4.78 is 5.00. The lowest BCUT2D eigenvalue weighted by Gasteiger charge is -2.36. The molecule has 1 aliphatic rings. The summed E-state index contributed by atoms with van der Waals surface area (Å²) in [7, 11) is 1.71. The third kappa shape index (κ3) is 7.63. The number of likely N-dealkylation sites (N-methyl/N-ethyl adjacent to an activating group) is 1. The van der Waals surface area contributed by atoms with Gasteiger partial charge in [0.05, 0.1) is 12.1 Å². The van der Waals surface area contributed by atoms with Crippen LogP contribution < -0.4 is 10.6 Å². The summed E-state index contributed by atoms with van der Waals surface area (Å²) in [6.45, 7) is 12.1. The van der Waals surface area contributed by atoms with Crippen LogP contribution in [-0.2, 0) is 19.1 Å². The minimum Gasteiger partial charge on any atom is -0.463 e. The second-order valence-electron chi connectivity index (χ2n) is 8.91. The van der Waals surface area contributed by atoms with Crippen LogP contribution in [0, 0.1) is 5.92 Å². The highest BCUT2D eigenvalue weighted by atomic mass is 16.5. The van der Waals surface area contributed by atoms with E-state index in [0.29, 0.717) is 31.6 Å². The zero-order valence-corrected chi connectivity index (χ0v) is 20.5. The first-order chi connectivity index (χ1) is 14.6. The van der Waals surface area contributed by atoms with Crippen molar-refractivity contribution in [3.05, 3.63) is 11.6 Å². The molecule has 1 unspecified atom stereocenters. The molecule has 1 rings (SSSR count). The van der Waals surface area contributed by atoms with E-state index in [0.717, 1.165) is 25.7 Å². The van der Waals surface area contributed by atoms with E-state index in [1.165, 1.54) is 0 Å². The van der Waals surface area contributed by atoms with Gasteiger partial charge in [0.2, 0.25) is 11.8 Å². The number of nitrogens with one attached hydrogen (secondary N) is 2. The van der Waals surface area contributed by atoms with Gasteiger partial charge in [-0.1, -0.05) is 32.8 Å². The van der Waals surface area contributed by atoms with Crippen molar-refractivity contribution in [2.45, 2.75) is 97.7 Å². The average molecular weight is 438 g/mol. The maximum Gasteiger partial charge on any atom is 0.333 e. The van der Waals surface area contributed by atoms with Crippen LogP contribution in [0.2, 0.25) is 0 Å². The van der Waals surface area contributed by atoms with E-state index in [-0.39, 0.29) is 29.7 Å². The molecule has 0 aliphatic heterocycles. The number of carbonyl (C=O) groups is 3. The monoisotopic (exact) mass is 437 g/mol. The first-order valence-electron chi connectivity index (χ1n) is 11.8. The Morgan fingerprint density at radius 1 is 1.13 bits per heavy atom. The lowest BCUT2D eigenvalue weighted by molar-refractivity contribution is -0.139. The largest absolute Gasteiger partial charge is 0.463 e. The zero-order valence-electron chi connectivity index (χ0n) is 20.5. The number of amides is 2. The molecule has 1 atom stereocenters. The molecular formula is C24H43N3O4. The van der Waals surface area contributed by atoms with Gasteiger partial charge < -0.3 is 20.3 Å². The van der Waals surface area contributed by atoms with Gasteiger partial charge >= 0.3 is 5.97 Å². The number of esters is 1. The molecule has 1 fully saturated rings. The molecule has 2 N–H and O–H groups in total. The Morgan fingerprint density at radius 2 is 1.71 bits per heavy atom. The summed E-state index contributed by atoms with van der Waals surface area (Å²) in [6.07, 6.45) is 7.02. The lowest BCUT2D eigenvalue weighted by Crippen LogP contribution is -2.62. The summed E-state index contributed by atoms with van der Waals surface area (Å²) in [5.41, 5.74) is -0.218. The van der Waals surface area contributed by atoms with E-state index in [4.69, 9.17) is 4.74 Å². The normalized spacial score (nSPS) is 16.3. The van der Waals surface area contributed by atoms with E-state index in [2.05, 4.69) is 10.6 Å². The molecular weight excluding hydrogens is 394 g/mol. The smallest absolute Gasteiger partial charge is 0.333 e. The van der Waals surface area contributed by atoms with Gasteiger partial charge in [0.25, 0.3) is 0 Å². The van der Waals surface area contributed by atoms with E-state index in [1.54, 1.807) is 31.9 Å². The van der Waals surface area contributed by atoms with Crippen LogP contribution in [0.5, 0.6) is 0 Å². The molecule has 7 heteroatoms. The van der Waals surface area contributed by atoms with Gasteiger partial charge in [-0.05, 0) is 59.3 Å². The Bertz CT molecular complexity index is 635. The van der Waals surface area contributed by atoms with Crippen LogP contribution in [0.25, 0.3) is 0 Å². The lowest BCUT2D eigenvalue weighted by atomic mass is 9.88. The van der Waals surface area contributed by atoms with Crippen LogP contribution in [-0.4, -0.2) is 60.5 Å². The van der Waals surface area contributed by atoms with E-state index in [9.17, 15) is 14.4 Å². The number of ether oxygens (including phenoxy) is 1. The molecule has 0 bridgehead atoms. The van der Waals surface area contributed by atoms with Gasteiger partial charge in [-0.25, -0.2) is 4.79 Å². The molecule has 0 spiro atoms. The first kappa shape index (κ1) is 27.1. The summed E-state index contributed by atoms with van der Waals surface area (Å²) in [5.74, 6) is -0.458. The predicted octanol–water partition coefficient (Wildman–Crippen LogP) is 3.19. The number of hydrogen-bond donors (Lipinski definition) is 2. The highest BCUT2D eigenvalue weighted by Gasteiger charge is 2.40. The minimum absolute atomic E-state index is 0.108. The molecule has 1 saturated carbocycles. The number of rotatable bonds is 12. The fourth-order valence-electron chi connectivity index (χ4n) is 4.27. The average Bonchev–Trinajstić information content (AvgIpc) is 3.27. The number of hydrogen-bond acceptors (Lipinski definition) is 5. The van der Waals surface area contributed by atoms with Crippen LogP contribution in [0.15, 0.2) is 11.6 Å². The molecule has 0 aromatic carbocycles. The maximum absolute atomic E-state index is 13.4. The molecule has 0 heterocycles. The molecule has 7 nitrogen and oxygen atoms in total. The van der Waals surface area contributed by atoms with Crippen LogP contribution in [0.1, 0.15) is 80.1 Å². The van der Waals surface area contributed by atoms with Crippen molar-refractivity contribution in [1.82, 2.24) is 15.5 Å². The van der Waals surface area contributed by atoms with Crippen molar-refractivity contribution in [1.29, 1.82) is 0 Å². The minimum atomic E-state index is -0.690. The van der Waals surface area contributed by atoms with E-state index >= 15 is 0 Å². The van der Waals surface area contributed by atoms with Crippen molar-refractivity contribution in [2.24, 2.45) is 5.92 Å². The molecule has 1 aliphatic carbocycles. The molecule has 178 valence electrons. The fraction of sp³-hybridized carbons (Fsp3) is 0.792. The molecule has 0 radical (unpaired) electrons. The van der Waals surface area contributed by atoms with Crippen molar-refractivity contribution in [3.8, 4) is 0 Å². The fourth-order valence-corrected chi connectivity index (χ4v) is 4.27. The van der Waals surface area contributed by atoms with Gasteiger partial charge in [-0.15, -0.1) is 0 Å². The van der Waals surface area contributed by atoms with Crippen LogP contribution in [0.4, 0.5) is 0 Å². The molecule has 0 saturated heterocycles. The van der Waals surface area contributed by atoms with Crippen LogP contribution >= 0.6 is 0 Å². The van der Waals surface area contributed by atoms with E-state index in [1.807, 2.05) is 27.7 Å². The quantitative estimate of drug-likeness (QED) is 0.362. The topological polar surface area (TPSA) is 87.7 Å². The van der Waals surface area contributed by atoms with Gasteiger partial charge in [0.1, 0.15) is 6.04 Å². The molecule has 31 heavy (non-hydrogen) atoms. The second-order valence-corrected chi connectivity index (χ2v) is 8.91.